The second-order valence-electron chi connectivity index (χ2n) is 4.78. The van der Waals surface area contributed by atoms with Crippen molar-refractivity contribution >= 4 is 17.5 Å². The summed E-state index contributed by atoms with van der Waals surface area (Å²) in [5.41, 5.74) is 0. The third kappa shape index (κ3) is 5.09. The standard InChI is InChI=1S/C14H19ClN2O2/c1-17(14(18)10-16-12-5-6-12)7-8-19-13-4-2-3-11(15)9-13/h2-4,9,12,16H,5-8,10H2,1H3. The van der Waals surface area contributed by atoms with Gasteiger partial charge in [-0.1, -0.05) is 17.7 Å². The first kappa shape index (κ1) is 14.2. The van der Waals surface area contributed by atoms with Gasteiger partial charge < -0.3 is 15.0 Å². The lowest BCUT2D eigenvalue weighted by Crippen LogP contribution is -2.38. The largest absolute Gasteiger partial charge is 0.492 e. The Morgan fingerprint density at radius 1 is 1.53 bits per heavy atom. The van der Waals surface area contributed by atoms with Crippen LogP contribution in [0.2, 0.25) is 5.02 Å². The van der Waals surface area contributed by atoms with Crippen LogP contribution in [0.4, 0.5) is 0 Å². The van der Waals surface area contributed by atoms with Gasteiger partial charge in [-0.25, -0.2) is 0 Å². The molecule has 0 saturated heterocycles. The molecular formula is C14H19ClN2O2. The Morgan fingerprint density at radius 2 is 2.32 bits per heavy atom. The number of likely N-dealkylation sites (N-methyl/N-ethyl adjacent to an activating group) is 1. The molecule has 104 valence electrons. The molecule has 0 aliphatic heterocycles. The van der Waals surface area contributed by atoms with Gasteiger partial charge in [0.25, 0.3) is 0 Å². The molecule has 0 spiro atoms. The first-order valence-electron chi connectivity index (χ1n) is 6.51. The lowest BCUT2D eigenvalue weighted by molar-refractivity contribution is -0.129. The number of ether oxygens (including phenoxy) is 1. The third-order valence-corrected chi connectivity index (χ3v) is 3.27. The van der Waals surface area contributed by atoms with Crippen LogP contribution in [0.1, 0.15) is 12.8 Å². The van der Waals surface area contributed by atoms with Crippen molar-refractivity contribution in [2.24, 2.45) is 0 Å². The molecule has 4 nitrogen and oxygen atoms in total. The summed E-state index contributed by atoms with van der Waals surface area (Å²) in [7, 11) is 1.79. The Labute approximate surface area is 118 Å². The van der Waals surface area contributed by atoms with Gasteiger partial charge in [0.15, 0.2) is 0 Å². The zero-order chi connectivity index (χ0) is 13.7. The SMILES string of the molecule is CN(CCOc1cccc(Cl)c1)C(=O)CNC1CC1. The molecule has 1 fully saturated rings. The van der Waals surface area contributed by atoms with Crippen LogP contribution < -0.4 is 10.1 Å². The summed E-state index contributed by atoms with van der Waals surface area (Å²) in [6, 6.07) is 7.81. The van der Waals surface area contributed by atoms with Crippen LogP contribution in [-0.4, -0.2) is 43.6 Å². The highest BCUT2D eigenvalue weighted by Gasteiger charge is 2.21. The van der Waals surface area contributed by atoms with Crippen LogP contribution in [0.25, 0.3) is 0 Å². The summed E-state index contributed by atoms with van der Waals surface area (Å²) < 4.78 is 5.55. The molecule has 0 unspecified atom stereocenters. The number of benzene rings is 1. The second-order valence-corrected chi connectivity index (χ2v) is 5.21. The van der Waals surface area contributed by atoms with Gasteiger partial charge in [-0.3, -0.25) is 4.79 Å². The lowest BCUT2D eigenvalue weighted by Gasteiger charge is -2.17. The number of nitrogens with one attached hydrogen (secondary N) is 1. The van der Waals surface area contributed by atoms with E-state index in [1.165, 1.54) is 12.8 Å². The quantitative estimate of drug-likeness (QED) is 0.831. The molecule has 0 bridgehead atoms. The Kier molecular flexibility index (Phi) is 5.05. The Balaban J connectivity index is 1.64. The summed E-state index contributed by atoms with van der Waals surface area (Å²) in [5, 5.41) is 3.85. The predicted molar refractivity (Wildman–Crippen MR) is 75.6 cm³/mol. The number of carbonyl (C=O) groups is 1. The minimum absolute atomic E-state index is 0.0987. The Bertz CT molecular complexity index is 435. The van der Waals surface area contributed by atoms with Crippen LogP contribution in [0.15, 0.2) is 24.3 Å². The van der Waals surface area contributed by atoms with Gasteiger partial charge in [0.05, 0.1) is 13.1 Å². The predicted octanol–water partition coefficient (Wildman–Crippen LogP) is 1.93. The minimum Gasteiger partial charge on any atom is -0.492 e. The molecule has 1 aliphatic rings. The van der Waals surface area contributed by atoms with Crippen molar-refractivity contribution < 1.29 is 9.53 Å². The number of hydrogen-bond donors (Lipinski definition) is 1. The number of rotatable bonds is 7. The average Bonchev–Trinajstić information content (AvgIpc) is 3.20. The van der Waals surface area contributed by atoms with Gasteiger partial charge in [0.1, 0.15) is 12.4 Å². The number of carbonyl (C=O) groups excluding carboxylic acids is 1. The molecule has 0 atom stereocenters. The summed E-state index contributed by atoms with van der Waals surface area (Å²) >= 11 is 5.86. The maximum Gasteiger partial charge on any atom is 0.236 e. The van der Waals surface area contributed by atoms with Crippen LogP contribution in [0.3, 0.4) is 0 Å². The van der Waals surface area contributed by atoms with E-state index in [1.807, 2.05) is 12.1 Å². The second kappa shape index (κ2) is 6.78. The Hall–Kier alpha value is -1.26. The van der Waals surface area contributed by atoms with Crippen molar-refractivity contribution in [3.05, 3.63) is 29.3 Å². The fourth-order valence-electron chi connectivity index (χ4n) is 1.64. The zero-order valence-corrected chi connectivity index (χ0v) is 11.8. The fraction of sp³-hybridized carbons (Fsp3) is 0.500. The van der Waals surface area contributed by atoms with E-state index in [0.29, 0.717) is 30.8 Å². The van der Waals surface area contributed by atoms with E-state index >= 15 is 0 Å². The monoisotopic (exact) mass is 282 g/mol. The highest BCUT2D eigenvalue weighted by Crippen LogP contribution is 2.18. The molecule has 5 heteroatoms. The maximum atomic E-state index is 11.8. The molecule has 1 aromatic rings. The zero-order valence-electron chi connectivity index (χ0n) is 11.1. The third-order valence-electron chi connectivity index (χ3n) is 3.04. The van der Waals surface area contributed by atoms with Gasteiger partial charge in [-0.2, -0.15) is 0 Å². The van der Waals surface area contributed by atoms with Crippen molar-refractivity contribution in [2.75, 3.05) is 26.7 Å². The highest BCUT2D eigenvalue weighted by atomic mass is 35.5. The molecule has 1 aliphatic carbocycles. The summed E-state index contributed by atoms with van der Waals surface area (Å²) in [6.07, 6.45) is 2.38. The molecule has 2 rings (SSSR count). The maximum absolute atomic E-state index is 11.8. The molecule has 0 aromatic heterocycles. The van der Waals surface area contributed by atoms with Gasteiger partial charge in [-0.05, 0) is 31.0 Å². The molecule has 0 heterocycles. The van der Waals surface area contributed by atoms with Gasteiger partial charge in [0.2, 0.25) is 5.91 Å². The summed E-state index contributed by atoms with van der Waals surface area (Å²) in [6.45, 7) is 1.45. The molecule has 0 radical (unpaired) electrons. The smallest absolute Gasteiger partial charge is 0.236 e. The van der Waals surface area contributed by atoms with E-state index in [4.69, 9.17) is 16.3 Å². The molecular weight excluding hydrogens is 264 g/mol. The lowest BCUT2D eigenvalue weighted by atomic mass is 10.3. The van der Waals surface area contributed by atoms with Crippen molar-refractivity contribution in [1.82, 2.24) is 10.2 Å². The molecule has 1 amide bonds. The number of hydrogen-bond acceptors (Lipinski definition) is 3. The Morgan fingerprint density at radius 3 is 3.00 bits per heavy atom. The molecule has 1 saturated carbocycles. The normalized spacial score (nSPS) is 14.2. The van der Waals surface area contributed by atoms with Crippen molar-refractivity contribution in [2.45, 2.75) is 18.9 Å². The van der Waals surface area contributed by atoms with Crippen LogP contribution >= 0.6 is 11.6 Å². The molecule has 1 N–H and O–H groups in total. The van der Waals surface area contributed by atoms with Crippen molar-refractivity contribution in [1.29, 1.82) is 0 Å². The van der Waals surface area contributed by atoms with E-state index in [-0.39, 0.29) is 5.91 Å². The van der Waals surface area contributed by atoms with E-state index in [2.05, 4.69) is 5.32 Å². The molecule has 1 aromatic carbocycles. The highest BCUT2D eigenvalue weighted by molar-refractivity contribution is 6.30. The number of amides is 1. The number of nitrogens with zero attached hydrogens (tertiary/aromatic N) is 1. The molecule has 19 heavy (non-hydrogen) atoms. The van der Waals surface area contributed by atoms with Crippen LogP contribution in [0.5, 0.6) is 5.75 Å². The van der Waals surface area contributed by atoms with E-state index in [9.17, 15) is 4.79 Å². The van der Waals surface area contributed by atoms with Gasteiger partial charge >= 0.3 is 0 Å². The van der Waals surface area contributed by atoms with Gasteiger partial charge in [0, 0.05) is 18.1 Å². The average molecular weight is 283 g/mol. The summed E-state index contributed by atoms with van der Waals surface area (Å²) in [4.78, 5) is 13.4. The van der Waals surface area contributed by atoms with Crippen molar-refractivity contribution in [3.63, 3.8) is 0 Å². The topological polar surface area (TPSA) is 41.6 Å². The van der Waals surface area contributed by atoms with E-state index in [1.54, 1.807) is 24.1 Å². The fourth-order valence-corrected chi connectivity index (χ4v) is 1.82. The van der Waals surface area contributed by atoms with Crippen LogP contribution in [-0.2, 0) is 4.79 Å². The summed E-state index contributed by atoms with van der Waals surface area (Å²) in [5.74, 6) is 0.825. The van der Waals surface area contributed by atoms with E-state index < -0.39 is 0 Å². The van der Waals surface area contributed by atoms with E-state index in [0.717, 1.165) is 5.75 Å². The first-order valence-corrected chi connectivity index (χ1v) is 6.88. The van der Waals surface area contributed by atoms with Crippen LogP contribution in [0, 0.1) is 0 Å². The van der Waals surface area contributed by atoms with Crippen molar-refractivity contribution in [3.8, 4) is 5.75 Å². The number of halogens is 1. The van der Waals surface area contributed by atoms with Gasteiger partial charge in [-0.15, -0.1) is 0 Å². The first-order chi connectivity index (χ1) is 9.15. The minimum atomic E-state index is 0.0987.